The summed E-state index contributed by atoms with van der Waals surface area (Å²) in [4.78, 5) is 25.0. The molecule has 0 aromatic heterocycles. The van der Waals surface area contributed by atoms with Crippen LogP contribution >= 0.6 is 0 Å². The summed E-state index contributed by atoms with van der Waals surface area (Å²) in [6.45, 7) is 3.01. The predicted octanol–water partition coefficient (Wildman–Crippen LogP) is 1.65. The first-order valence-electron chi connectivity index (χ1n) is 6.63. The first kappa shape index (κ1) is 14.3. The van der Waals surface area contributed by atoms with Gasteiger partial charge in [0, 0.05) is 19.1 Å². The van der Waals surface area contributed by atoms with Gasteiger partial charge in [-0.1, -0.05) is 11.6 Å². The maximum absolute atomic E-state index is 12.1. The number of aromatic carboxylic acids is 1. The van der Waals surface area contributed by atoms with Crippen LogP contribution in [0.1, 0.15) is 28.8 Å². The maximum Gasteiger partial charge on any atom is 0.337 e. The lowest BCUT2D eigenvalue weighted by Crippen LogP contribution is -2.44. The monoisotopic (exact) mass is 277 g/mol. The van der Waals surface area contributed by atoms with Crippen LogP contribution in [0.3, 0.4) is 0 Å². The third-order valence-corrected chi connectivity index (χ3v) is 3.47. The van der Waals surface area contributed by atoms with E-state index in [2.05, 4.69) is 5.32 Å². The van der Waals surface area contributed by atoms with Crippen molar-refractivity contribution in [1.29, 1.82) is 0 Å². The molecule has 4 N–H and O–H groups in total. The number of likely N-dealkylation sites (tertiary alicyclic amines) is 1. The van der Waals surface area contributed by atoms with Crippen molar-refractivity contribution < 1.29 is 14.7 Å². The SMILES string of the molecule is Cc1ccc(NC(=O)N2CCC(N)CC2)c(C(=O)O)c1. The number of urea groups is 1. The highest BCUT2D eigenvalue weighted by molar-refractivity contribution is 6.00. The Balaban J connectivity index is 2.10. The number of hydrogen-bond acceptors (Lipinski definition) is 3. The molecule has 1 heterocycles. The summed E-state index contributed by atoms with van der Waals surface area (Å²) < 4.78 is 0. The third kappa shape index (κ3) is 3.27. The number of carbonyl (C=O) groups excluding carboxylic acids is 1. The van der Waals surface area contributed by atoms with Crippen LogP contribution in [0, 0.1) is 6.92 Å². The molecule has 0 spiro atoms. The number of hydrogen-bond donors (Lipinski definition) is 3. The number of carbonyl (C=O) groups is 2. The molecular weight excluding hydrogens is 258 g/mol. The number of nitrogens with two attached hydrogens (primary N) is 1. The Morgan fingerprint density at radius 1 is 1.35 bits per heavy atom. The van der Waals surface area contributed by atoms with E-state index < -0.39 is 5.97 Å². The van der Waals surface area contributed by atoms with Gasteiger partial charge >= 0.3 is 12.0 Å². The van der Waals surface area contributed by atoms with E-state index in [4.69, 9.17) is 10.8 Å². The quantitative estimate of drug-likeness (QED) is 0.765. The fraction of sp³-hybridized carbons (Fsp3) is 0.429. The van der Waals surface area contributed by atoms with Crippen LogP contribution in [0.5, 0.6) is 0 Å². The minimum absolute atomic E-state index is 0.104. The van der Waals surface area contributed by atoms with Crippen LogP contribution in [-0.2, 0) is 0 Å². The van der Waals surface area contributed by atoms with Crippen molar-refractivity contribution in [1.82, 2.24) is 4.90 Å². The van der Waals surface area contributed by atoms with E-state index >= 15 is 0 Å². The van der Waals surface area contributed by atoms with Gasteiger partial charge in [-0.2, -0.15) is 0 Å². The minimum Gasteiger partial charge on any atom is -0.478 e. The van der Waals surface area contributed by atoms with Crippen molar-refractivity contribution in [3.63, 3.8) is 0 Å². The molecule has 2 rings (SSSR count). The number of rotatable bonds is 2. The molecule has 108 valence electrons. The van der Waals surface area contributed by atoms with Gasteiger partial charge in [-0.05, 0) is 31.9 Å². The molecule has 6 heteroatoms. The molecule has 1 saturated heterocycles. The Morgan fingerprint density at radius 2 is 2.00 bits per heavy atom. The van der Waals surface area contributed by atoms with Gasteiger partial charge in [-0.15, -0.1) is 0 Å². The minimum atomic E-state index is -1.05. The van der Waals surface area contributed by atoms with Gasteiger partial charge in [0.05, 0.1) is 11.3 Å². The topological polar surface area (TPSA) is 95.7 Å². The van der Waals surface area contributed by atoms with Gasteiger partial charge in [-0.3, -0.25) is 0 Å². The molecule has 0 bridgehead atoms. The smallest absolute Gasteiger partial charge is 0.337 e. The molecule has 0 radical (unpaired) electrons. The van der Waals surface area contributed by atoms with Crippen molar-refractivity contribution in [3.8, 4) is 0 Å². The Morgan fingerprint density at radius 3 is 2.60 bits per heavy atom. The normalized spacial score (nSPS) is 16.0. The van der Waals surface area contributed by atoms with Gasteiger partial charge in [0.15, 0.2) is 0 Å². The van der Waals surface area contributed by atoms with Crippen LogP contribution in [0.2, 0.25) is 0 Å². The van der Waals surface area contributed by atoms with Crippen LogP contribution in [-0.4, -0.2) is 41.1 Å². The summed E-state index contributed by atoms with van der Waals surface area (Å²) in [5.74, 6) is -1.05. The number of amides is 2. The molecule has 20 heavy (non-hydrogen) atoms. The summed E-state index contributed by atoms with van der Waals surface area (Å²) in [6.07, 6.45) is 1.54. The Kier molecular flexibility index (Phi) is 4.24. The first-order chi connectivity index (χ1) is 9.47. The maximum atomic E-state index is 12.1. The summed E-state index contributed by atoms with van der Waals surface area (Å²) in [6, 6.07) is 4.81. The van der Waals surface area contributed by atoms with E-state index in [1.165, 1.54) is 0 Å². The average Bonchev–Trinajstić information content (AvgIpc) is 2.41. The number of nitrogens with zero attached hydrogens (tertiary/aromatic N) is 1. The zero-order valence-electron chi connectivity index (χ0n) is 11.4. The number of nitrogens with one attached hydrogen (secondary N) is 1. The van der Waals surface area contributed by atoms with Crippen molar-refractivity contribution >= 4 is 17.7 Å². The lowest BCUT2D eigenvalue weighted by atomic mass is 10.1. The van der Waals surface area contributed by atoms with E-state index in [1.807, 2.05) is 6.92 Å². The first-order valence-corrected chi connectivity index (χ1v) is 6.63. The van der Waals surface area contributed by atoms with Crippen molar-refractivity contribution in [2.75, 3.05) is 18.4 Å². The van der Waals surface area contributed by atoms with Gasteiger partial charge in [0.25, 0.3) is 0 Å². The standard InChI is InChI=1S/C14H19N3O3/c1-9-2-3-12(11(8-9)13(18)19)16-14(20)17-6-4-10(15)5-7-17/h2-3,8,10H,4-7,15H2,1H3,(H,16,20)(H,18,19). The lowest BCUT2D eigenvalue weighted by Gasteiger charge is -2.30. The largest absolute Gasteiger partial charge is 0.478 e. The van der Waals surface area contributed by atoms with Crippen molar-refractivity contribution in [2.45, 2.75) is 25.8 Å². The third-order valence-electron chi connectivity index (χ3n) is 3.47. The van der Waals surface area contributed by atoms with Gasteiger partial charge in [0.1, 0.15) is 0 Å². The second kappa shape index (κ2) is 5.92. The number of carboxylic acid groups (broad SMARTS) is 1. The fourth-order valence-corrected chi connectivity index (χ4v) is 2.24. The molecule has 1 aliphatic rings. The Hall–Kier alpha value is -2.08. The number of piperidine rings is 1. The second-order valence-corrected chi connectivity index (χ2v) is 5.11. The second-order valence-electron chi connectivity index (χ2n) is 5.11. The van der Waals surface area contributed by atoms with Crippen LogP contribution in [0.15, 0.2) is 18.2 Å². The number of aryl methyl sites for hydroxylation is 1. The van der Waals surface area contributed by atoms with E-state index in [9.17, 15) is 9.59 Å². The number of carboxylic acids is 1. The van der Waals surface area contributed by atoms with E-state index in [1.54, 1.807) is 23.1 Å². The zero-order chi connectivity index (χ0) is 14.7. The molecule has 6 nitrogen and oxygen atoms in total. The molecule has 1 aliphatic heterocycles. The highest BCUT2D eigenvalue weighted by Gasteiger charge is 2.21. The molecule has 1 aromatic carbocycles. The lowest BCUT2D eigenvalue weighted by molar-refractivity contribution is 0.0698. The zero-order valence-corrected chi connectivity index (χ0v) is 11.4. The van der Waals surface area contributed by atoms with Crippen LogP contribution < -0.4 is 11.1 Å². The van der Waals surface area contributed by atoms with Crippen LogP contribution in [0.25, 0.3) is 0 Å². The molecule has 0 unspecified atom stereocenters. The van der Waals surface area contributed by atoms with E-state index in [0.29, 0.717) is 18.8 Å². The van der Waals surface area contributed by atoms with E-state index in [0.717, 1.165) is 18.4 Å². The Labute approximate surface area is 117 Å². The Bertz CT molecular complexity index is 522. The van der Waals surface area contributed by atoms with Crippen molar-refractivity contribution in [2.24, 2.45) is 5.73 Å². The molecule has 0 aliphatic carbocycles. The molecular formula is C14H19N3O3. The van der Waals surface area contributed by atoms with Gasteiger partial charge in [0.2, 0.25) is 0 Å². The van der Waals surface area contributed by atoms with E-state index in [-0.39, 0.29) is 17.6 Å². The predicted molar refractivity (Wildman–Crippen MR) is 75.9 cm³/mol. The summed E-state index contributed by atoms with van der Waals surface area (Å²) in [5.41, 5.74) is 7.06. The van der Waals surface area contributed by atoms with Gasteiger partial charge < -0.3 is 21.1 Å². The molecule has 1 aromatic rings. The summed E-state index contributed by atoms with van der Waals surface area (Å²) in [5, 5.41) is 11.8. The summed E-state index contributed by atoms with van der Waals surface area (Å²) >= 11 is 0. The molecule has 2 amide bonds. The summed E-state index contributed by atoms with van der Waals surface area (Å²) in [7, 11) is 0. The highest BCUT2D eigenvalue weighted by atomic mass is 16.4. The van der Waals surface area contributed by atoms with Crippen molar-refractivity contribution in [3.05, 3.63) is 29.3 Å². The fourth-order valence-electron chi connectivity index (χ4n) is 2.24. The van der Waals surface area contributed by atoms with Crippen LogP contribution in [0.4, 0.5) is 10.5 Å². The molecule has 0 atom stereocenters. The highest BCUT2D eigenvalue weighted by Crippen LogP contribution is 2.19. The van der Waals surface area contributed by atoms with Gasteiger partial charge in [-0.25, -0.2) is 9.59 Å². The average molecular weight is 277 g/mol. The number of anilines is 1. The molecule has 1 fully saturated rings. The number of benzene rings is 1. The molecule has 0 saturated carbocycles.